The van der Waals surface area contributed by atoms with Crippen LogP contribution >= 0.6 is 0 Å². The molecule has 3 N–H and O–H groups in total. The summed E-state index contributed by atoms with van der Waals surface area (Å²) in [5, 5.41) is 3.93. The highest BCUT2D eigenvalue weighted by Gasteiger charge is 2.38. The average molecular weight is 325 g/mol. The molecule has 3 atom stereocenters. The van der Waals surface area contributed by atoms with Crippen LogP contribution < -0.4 is 10.1 Å². The zero-order valence-electron chi connectivity index (χ0n) is 15.3. The van der Waals surface area contributed by atoms with Gasteiger partial charge in [-0.2, -0.15) is 0 Å². The second kappa shape index (κ2) is 5.96. The summed E-state index contributed by atoms with van der Waals surface area (Å²) in [5.74, 6) is 2.43. The van der Waals surface area contributed by atoms with Crippen molar-refractivity contribution in [2.45, 2.75) is 46.1 Å². The number of quaternary nitrogens is 1. The molecule has 24 heavy (non-hydrogen) atoms. The molecule has 128 valence electrons. The fourth-order valence-electron chi connectivity index (χ4n) is 4.86. The Morgan fingerprint density at radius 2 is 1.96 bits per heavy atom. The van der Waals surface area contributed by atoms with Gasteiger partial charge in [0.25, 0.3) is 0 Å². The highest BCUT2D eigenvalue weighted by molar-refractivity contribution is 5.86. The number of allylic oxidation sites excluding steroid dienone is 2. The maximum Gasteiger partial charge on any atom is 0.130 e. The molecule has 0 saturated heterocycles. The van der Waals surface area contributed by atoms with Crippen molar-refractivity contribution in [3.8, 4) is 5.75 Å². The number of benzene rings is 1. The molecule has 1 aromatic heterocycles. The Labute approximate surface area is 144 Å². The van der Waals surface area contributed by atoms with Crippen LogP contribution in [0.5, 0.6) is 5.75 Å². The summed E-state index contributed by atoms with van der Waals surface area (Å²) >= 11 is 0. The Morgan fingerprint density at radius 1 is 1.17 bits per heavy atom. The molecule has 0 unspecified atom stereocenters. The van der Waals surface area contributed by atoms with Crippen molar-refractivity contribution in [2.75, 3.05) is 13.7 Å². The monoisotopic (exact) mass is 325 g/mol. The molecule has 0 spiro atoms. The molecule has 2 heterocycles. The lowest BCUT2D eigenvalue weighted by atomic mass is 9.72. The van der Waals surface area contributed by atoms with Crippen molar-refractivity contribution < 1.29 is 10.1 Å². The van der Waals surface area contributed by atoms with Crippen LogP contribution in [-0.2, 0) is 6.42 Å². The first-order valence-corrected chi connectivity index (χ1v) is 9.25. The predicted octanol–water partition coefficient (Wildman–Crippen LogP) is 3.72. The Bertz CT molecular complexity index is 802. The van der Waals surface area contributed by atoms with E-state index in [2.05, 4.69) is 49.3 Å². The van der Waals surface area contributed by atoms with Crippen LogP contribution in [0.25, 0.3) is 10.9 Å². The second-order valence-electron chi connectivity index (χ2n) is 7.84. The number of methoxy groups -OCH3 is 1. The molecule has 4 rings (SSSR count). The number of nitrogens with two attached hydrogens (primary N) is 1. The molecule has 0 fully saturated rings. The zero-order chi connectivity index (χ0) is 16.8. The van der Waals surface area contributed by atoms with Gasteiger partial charge in [-0.1, -0.05) is 18.1 Å². The lowest BCUT2D eigenvalue weighted by Crippen LogP contribution is -2.88. The van der Waals surface area contributed by atoms with Gasteiger partial charge in [-0.25, -0.2) is 0 Å². The fourth-order valence-corrected chi connectivity index (χ4v) is 4.86. The zero-order valence-corrected chi connectivity index (χ0v) is 15.3. The molecule has 2 aromatic rings. The topological polar surface area (TPSA) is 41.6 Å². The van der Waals surface area contributed by atoms with E-state index in [1.54, 1.807) is 18.3 Å². The number of nitrogens with one attached hydrogen (secondary N) is 1. The molecular formula is C21H29N2O+. The number of aromatic nitrogens is 1. The third-order valence-corrected chi connectivity index (χ3v) is 6.39. The summed E-state index contributed by atoms with van der Waals surface area (Å²) < 4.78 is 5.44. The predicted molar refractivity (Wildman–Crippen MR) is 98.4 cm³/mol. The average Bonchev–Trinajstić information content (AvgIpc) is 2.96. The number of H-pyrrole nitrogens is 1. The summed E-state index contributed by atoms with van der Waals surface area (Å²) in [7, 11) is 1.75. The van der Waals surface area contributed by atoms with E-state index in [4.69, 9.17) is 4.74 Å². The van der Waals surface area contributed by atoms with Crippen molar-refractivity contribution in [2.24, 2.45) is 11.8 Å². The first-order valence-electron chi connectivity index (χ1n) is 9.25. The lowest BCUT2D eigenvalue weighted by Gasteiger charge is -2.36. The Hall–Kier alpha value is -1.74. The van der Waals surface area contributed by atoms with Crippen molar-refractivity contribution in [1.29, 1.82) is 0 Å². The minimum atomic E-state index is 0.560. The summed E-state index contributed by atoms with van der Waals surface area (Å²) in [6.07, 6.45) is 3.64. The van der Waals surface area contributed by atoms with E-state index in [9.17, 15) is 0 Å². The molecule has 3 nitrogen and oxygen atoms in total. The quantitative estimate of drug-likeness (QED) is 0.812. The highest BCUT2D eigenvalue weighted by atomic mass is 16.5. The Morgan fingerprint density at radius 3 is 2.75 bits per heavy atom. The molecule has 1 aliphatic heterocycles. The van der Waals surface area contributed by atoms with Crippen molar-refractivity contribution in [3.63, 3.8) is 0 Å². The van der Waals surface area contributed by atoms with E-state index in [0.29, 0.717) is 6.04 Å². The lowest BCUT2D eigenvalue weighted by molar-refractivity contribution is -0.707. The minimum absolute atomic E-state index is 0.560. The molecule has 1 aliphatic carbocycles. The van der Waals surface area contributed by atoms with Crippen molar-refractivity contribution in [3.05, 3.63) is 40.6 Å². The van der Waals surface area contributed by atoms with Gasteiger partial charge in [0.1, 0.15) is 11.8 Å². The number of aromatic amines is 1. The molecule has 3 heteroatoms. The number of rotatable bonds is 2. The summed E-state index contributed by atoms with van der Waals surface area (Å²) in [6, 6.07) is 6.99. The first-order chi connectivity index (χ1) is 11.6. The first kappa shape index (κ1) is 15.8. The summed E-state index contributed by atoms with van der Waals surface area (Å²) in [6.45, 7) is 8.27. The largest absolute Gasteiger partial charge is 0.497 e. The maximum atomic E-state index is 5.44. The second-order valence-corrected chi connectivity index (χ2v) is 7.84. The van der Waals surface area contributed by atoms with Gasteiger partial charge < -0.3 is 15.0 Å². The van der Waals surface area contributed by atoms with E-state index in [0.717, 1.165) is 24.0 Å². The van der Waals surface area contributed by atoms with E-state index in [1.165, 1.54) is 41.5 Å². The van der Waals surface area contributed by atoms with Gasteiger partial charge in [-0.3, -0.25) is 0 Å². The Balaban J connectivity index is 1.76. The van der Waals surface area contributed by atoms with Gasteiger partial charge in [0, 0.05) is 23.2 Å². The van der Waals surface area contributed by atoms with Gasteiger partial charge >= 0.3 is 0 Å². The standard InChI is InChI=1S/C21H28N2O/c1-12-9-14(3)17(10-13(12)2)20-21-16(7-8-22-20)18-11-15(24-4)5-6-19(18)23-21/h5-6,11,14,17,20,22-23H,7-10H2,1-4H3/p+1/t14-,17-,20-/m1/s1. The van der Waals surface area contributed by atoms with Crippen LogP contribution in [0.15, 0.2) is 29.3 Å². The van der Waals surface area contributed by atoms with Crippen LogP contribution in [0.1, 0.15) is 50.9 Å². The number of hydrogen-bond donors (Lipinski definition) is 2. The summed E-state index contributed by atoms with van der Waals surface area (Å²) in [5.41, 5.74) is 7.46. The van der Waals surface area contributed by atoms with Crippen LogP contribution in [-0.4, -0.2) is 18.6 Å². The number of ether oxygens (including phenoxy) is 1. The maximum absolute atomic E-state index is 5.44. The third-order valence-electron chi connectivity index (χ3n) is 6.39. The number of hydrogen-bond acceptors (Lipinski definition) is 1. The van der Waals surface area contributed by atoms with E-state index >= 15 is 0 Å². The summed E-state index contributed by atoms with van der Waals surface area (Å²) in [4.78, 5) is 3.76. The van der Waals surface area contributed by atoms with E-state index in [1.807, 2.05) is 0 Å². The van der Waals surface area contributed by atoms with Crippen LogP contribution in [0.3, 0.4) is 0 Å². The smallest absolute Gasteiger partial charge is 0.130 e. The Kier molecular flexibility index (Phi) is 3.92. The van der Waals surface area contributed by atoms with Gasteiger partial charge in [0.05, 0.1) is 19.3 Å². The molecular weight excluding hydrogens is 296 g/mol. The van der Waals surface area contributed by atoms with Crippen molar-refractivity contribution >= 4 is 10.9 Å². The van der Waals surface area contributed by atoms with Crippen LogP contribution in [0, 0.1) is 11.8 Å². The van der Waals surface area contributed by atoms with E-state index in [-0.39, 0.29) is 0 Å². The van der Waals surface area contributed by atoms with Crippen molar-refractivity contribution in [1.82, 2.24) is 4.98 Å². The highest BCUT2D eigenvalue weighted by Crippen LogP contribution is 2.42. The molecule has 1 aromatic carbocycles. The molecule has 0 amide bonds. The van der Waals surface area contributed by atoms with Crippen LogP contribution in [0.4, 0.5) is 0 Å². The molecule has 0 bridgehead atoms. The van der Waals surface area contributed by atoms with Crippen LogP contribution in [0.2, 0.25) is 0 Å². The fraction of sp³-hybridized carbons (Fsp3) is 0.524. The normalized spacial score (nSPS) is 27.4. The molecule has 0 saturated carbocycles. The van der Waals surface area contributed by atoms with Gasteiger partial charge in [-0.15, -0.1) is 0 Å². The molecule has 0 radical (unpaired) electrons. The van der Waals surface area contributed by atoms with Gasteiger partial charge in [0.15, 0.2) is 0 Å². The minimum Gasteiger partial charge on any atom is -0.497 e. The molecule has 2 aliphatic rings. The SMILES string of the molecule is COc1ccc2[nH]c3c(c2c1)CC[NH2+][C@@H]3[C@@H]1CC(C)=C(C)C[C@H]1C. The van der Waals surface area contributed by atoms with E-state index < -0.39 is 0 Å². The number of fused-ring (bicyclic) bond motifs is 3. The van der Waals surface area contributed by atoms with Gasteiger partial charge in [-0.05, 0) is 56.4 Å². The third kappa shape index (κ3) is 2.46. The van der Waals surface area contributed by atoms with Gasteiger partial charge in [0.2, 0.25) is 0 Å².